The Bertz CT molecular complexity index is 3700. The molecule has 12 rings (SSSR count). The van der Waals surface area contributed by atoms with E-state index >= 15 is 0 Å². The van der Waals surface area contributed by atoms with Crippen molar-refractivity contribution < 1.29 is 0 Å². The third-order valence-corrected chi connectivity index (χ3v) is 13.3. The van der Waals surface area contributed by atoms with Crippen molar-refractivity contribution in [3.63, 3.8) is 0 Å². The van der Waals surface area contributed by atoms with Gasteiger partial charge in [-0.05, 0) is 110 Å². The van der Waals surface area contributed by atoms with Crippen molar-refractivity contribution in [2.75, 3.05) is 4.90 Å². The number of rotatable bonds is 10. The van der Waals surface area contributed by atoms with Crippen molar-refractivity contribution in [2.24, 2.45) is 0 Å². The van der Waals surface area contributed by atoms with Crippen LogP contribution < -0.4 is 4.90 Å². The number of nitrogens with zero attached hydrogens (tertiary/aromatic N) is 2. The standard InChI is InChI=1S/C66H46N2/c1-4-20-47(21-5-1)48-36-38-51(39-37-48)56-27-14-17-33-63(56)68(64-34-18-15-31-60(64)59-30-13-12-29-58(59)57-28-11-10-26-55(57)50-22-6-2-7-23-50)54-43-40-49(41-44-54)52-42-45-66-62(46-52)61-32-16-19-35-65(61)67(66)53-24-8-3-9-25-53/h1-46H. The van der Waals surface area contributed by atoms with Gasteiger partial charge in [-0.1, -0.05) is 224 Å². The summed E-state index contributed by atoms with van der Waals surface area (Å²) in [4.78, 5) is 2.45. The molecule has 1 aromatic heterocycles. The van der Waals surface area contributed by atoms with Gasteiger partial charge in [-0.25, -0.2) is 0 Å². The van der Waals surface area contributed by atoms with E-state index < -0.39 is 0 Å². The lowest BCUT2D eigenvalue weighted by molar-refractivity contribution is 1.18. The van der Waals surface area contributed by atoms with E-state index in [-0.39, 0.29) is 0 Å². The molecule has 0 bridgehead atoms. The molecule has 0 unspecified atom stereocenters. The van der Waals surface area contributed by atoms with Crippen molar-refractivity contribution >= 4 is 38.9 Å². The van der Waals surface area contributed by atoms with Crippen LogP contribution in [0.2, 0.25) is 0 Å². The predicted molar refractivity (Wildman–Crippen MR) is 288 cm³/mol. The minimum Gasteiger partial charge on any atom is -0.309 e. The zero-order valence-electron chi connectivity index (χ0n) is 37.5. The maximum Gasteiger partial charge on any atom is 0.0541 e. The lowest BCUT2D eigenvalue weighted by atomic mass is 9.88. The van der Waals surface area contributed by atoms with Crippen LogP contribution in [0.25, 0.3) is 94.3 Å². The van der Waals surface area contributed by atoms with Crippen LogP contribution >= 0.6 is 0 Å². The van der Waals surface area contributed by atoms with Gasteiger partial charge in [0.2, 0.25) is 0 Å². The second-order valence-electron chi connectivity index (χ2n) is 17.2. The van der Waals surface area contributed by atoms with E-state index in [9.17, 15) is 0 Å². The first-order valence-electron chi connectivity index (χ1n) is 23.3. The quantitative estimate of drug-likeness (QED) is 0.133. The number of para-hydroxylation sites is 4. The van der Waals surface area contributed by atoms with E-state index in [2.05, 4.69) is 289 Å². The summed E-state index contributed by atoms with van der Waals surface area (Å²) in [5.41, 5.74) is 20.9. The highest BCUT2D eigenvalue weighted by Crippen LogP contribution is 2.48. The third-order valence-electron chi connectivity index (χ3n) is 13.3. The van der Waals surface area contributed by atoms with Gasteiger partial charge in [-0.15, -0.1) is 0 Å². The van der Waals surface area contributed by atoms with Gasteiger partial charge in [-0.3, -0.25) is 0 Å². The second kappa shape index (κ2) is 17.8. The molecule has 0 fully saturated rings. The molecule has 68 heavy (non-hydrogen) atoms. The normalized spacial score (nSPS) is 11.2. The average Bonchev–Trinajstić information content (AvgIpc) is 3.76. The van der Waals surface area contributed by atoms with Crippen LogP contribution in [0, 0.1) is 0 Å². The van der Waals surface area contributed by atoms with Gasteiger partial charge >= 0.3 is 0 Å². The van der Waals surface area contributed by atoms with Crippen molar-refractivity contribution in [3.05, 3.63) is 279 Å². The number of anilines is 3. The first-order valence-corrected chi connectivity index (χ1v) is 23.3. The Morgan fingerprint density at radius 3 is 1.31 bits per heavy atom. The van der Waals surface area contributed by atoms with Gasteiger partial charge in [0, 0.05) is 33.3 Å². The van der Waals surface area contributed by atoms with Gasteiger partial charge in [0.15, 0.2) is 0 Å². The fourth-order valence-electron chi connectivity index (χ4n) is 10.0. The van der Waals surface area contributed by atoms with Crippen LogP contribution in [0.4, 0.5) is 17.1 Å². The van der Waals surface area contributed by atoms with E-state index in [1.807, 2.05) is 0 Å². The fraction of sp³-hybridized carbons (Fsp3) is 0. The second-order valence-corrected chi connectivity index (χ2v) is 17.2. The summed E-state index contributed by atoms with van der Waals surface area (Å²) in [5.74, 6) is 0. The molecule has 0 spiro atoms. The molecule has 0 aliphatic rings. The van der Waals surface area contributed by atoms with Crippen LogP contribution in [-0.2, 0) is 0 Å². The molecule has 0 atom stereocenters. The zero-order chi connectivity index (χ0) is 45.2. The van der Waals surface area contributed by atoms with Crippen molar-refractivity contribution in [2.45, 2.75) is 0 Å². The van der Waals surface area contributed by atoms with Crippen molar-refractivity contribution in [1.29, 1.82) is 0 Å². The molecule has 0 aliphatic heterocycles. The lowest BCUT2D eigenvalue weighted by Gasteiger charge is -2.30. The number of aromatic nitrogens is 1. The zero-order valence-corrected chi connectivity index (χ0v) is 37.5. The molecule has 0 N–H and O–H groups in total. The fourth-order valence-corrected chi connectivity index (χ4v) is 10.0. The van der Waals surface area contributed by atoms with Gasteiger partial charge in [0.25, 0.3) is 0 Å². The van der Waals surface area contributed by atoms with Crippen LogP contribution in [0.5, 0.6) is 0 Å². The molecule has 0 saturated heterocycles. The molecule has 0 saturated carbocycles. The lowest BCUT2D eigenvalue weighted by Crippen LogP contribution is -2.12. The van der Waals surface area contributed by atoms with Crippen LogP contribution in [0.3, 0.4) is 0 Å². The SMILES string of the molecule is c1ccc(-c2ccc(-c3ccccc3N(c3ccc(-c4ccc5c(c4)c4ccccc4n5-c4ccccc4)cc3)c3ccccc3-c3ccccc3-c3ccccc3-c3ccccc3)cc2)cc1. The Kier molecular flexibility index (Phi) is 10.6. The molecule has 2 nitrogen and oxygen atoms in total. The van der Waals surface area contributed by atoms with Gasteiger partial charge in [0.05, 0.1) is 22.4 Å². The van der Waals surface area contributed by atoms with E-state index in [0.29, 0.717) is 0 Å². The molecule has 320 valence electrons. The minimum atomic E-state index is 1.07. The monoisotopic (exact) mass is 866 g/mol. The highest BCUT2D eigenvalue weighted by Gasteiger charge is 2.23. The smallest absolute Gasteiger partial charge is 0.0541 e. The molecule has 0 amide bonds. The highest BCUT2D eigenvalue weighted by molar-refractivity contribution is 6.10. The molecule has 0 radical (unpaired) electrons. The summed E-state index contributed by atoms with van der Waals surface area (Å²) in [5, 5.41) is 2.48. The van der Waals surface area contributed by atoms with Gasteiger partial charge in [-0.2, -0.15) is 0 Å². The molecule has 2 heteroatoms. The first-order chi connectivity index (χ1) is 33.8. The first kappa shape index (κ1) is 40.5. The molecule has 0 aliphatic carbocycles. The molecule has 11 aromatic carbocycles. The van der Waals surface area contributed by atoms with Crippen molar-refractivity contribution in [1.82, 2.24) is 4.57 Å². The summed E-state index contributed by atoms with van der Waals surface area (Å²) in [6.07, 6.45) is 0. The molecular weight excluding hydrogens is 821 g/mol. The highest BCUT2D eigenvalue weighted by atomic mass is 15.1. The predicted octanol–water partition coefficient (Wildman–Crippen LogP) is 18.3. The Balaban J connectivity index is 1.01. The summed E-state index contributed by atoms with van der Waals surface area (Å²) in [7, 11) is 0. The van der Waals surface area contributed by atoms with E-state index in [1.165, 1.54) is 66.3 Å². The third kappa shape index (κ3) is 7.45. The molecular formula is C66H46N2. The Morgan fingerprint density at radius 1 is 0.235 bits per heavy atom. The van der Waals surface area contributed by atoms with Crippen LogP contribution in [0.1, 0.15) is 0 Å². The summed E-state index contributed by atoms with van der Waals surface area (Å²) in [6.45, 7) is 0. The van der Waals surface area contributed by atoms with Crippen molar-refractivity contribution in [3.8, 4) is 72.4 Å². The number of hydrogen-bond acceptors (Lipinski definition) is 1. The Labute approximate surface area is 397 Å². The summed E-state index contributed by atoms with van der Waals surface area (Å²) >= 11 is 0. The Morgan fingerprint density at radius 2 is 0.632 bits per heavy atom. The maximum atomic E-state index is 2.45. The van der Waals surface area contributed by atoms with E-state index in [4.69, 9.17) is 0 Å². The Hall–Kier alpha value is -8.98. The number of benzene rings is 11. The van der Waals surface area contributed by atoms with Crippen LogP contribution in [-0.4, -0.2) is 4.57 Å². The van der Waals surface area contributed by atoms with E-state index in [1.54, 1.807) is 0 Å². The largest absolute Gasteiger partial charge is 0.309 e. The van der Waals surface area contributed by atoms with E-state index in [0.717, 1.165) is 45.0 Å². The maximum absolute atomic E-state index is 2.45. The number of fused-ring (bicyclic) bond motifs is 3. The average molecular weight is 867 g/mol. The van der Waals surface area contributed by atoms with Crippen LogP contribution in [0.15, 0.2) is 279 Å². The molecule has 12 aromatic rings. The van der Waals surface area contributed by atoms with Gasteiger partial charge in [0.1, 0.15) is 0 Å². The summed E-state index contributed by atoms with van der Waals surface area (Å²) < 4.78 is 2.37. The topological polar surface area (TPSA) is 8.17 Å². The molecule has 1 heterocycles. The summed E-state index contributed by atoms with van der Waals surface area (Å²) in [6, 6.07) is 101. The minimum absolute atomic E-state index is 1.07. The van der Waals surface area contributed by atoms with Gasteiger partial charge < -0.3 is 9.47 Å². The number of hydrogen-bond donors (Lipinski definition) is 0.